The molecule has 74 valence electrons. The van der Waals surface area contributed by atoms with Crippen LogP contribution in [0.5, 0.6) is 0 Å². The number of carbonyl (C=O) groups is 1. The topological polar surface area (TPSA) is 46.9 Å². The van der Waals surface area contributed by atoms with Crippen molar-refractivity contribution in [1.29, 1.82) is 0 Å². The predicted molar refractivity (Wildman–Crippen MR) is 55.9 cm³/mol. The third kappa shape index (κ3) is 1.22. The third-order valence-corrected chi connectivity index (χ3v) is 2.46. The summed E-state index contributed by atoms with van der Waals surface area (Å²) in [6, 6.07) is 7.53. The van der Waals surface area contributed by atoms with Crippen LogP contribution in [0, 0.1) is 0 Å². The first kappa shape index (κ1) is 8.23. The zero-order valence-corrected chi connectivity index (χ0v) is 7.97. The molecule has 1 N–H and O–H groups in total. The van der Waals surface area contributed by atoms with Gasteiger partial charge in [0.05, 0.1) is 12.1 Å². The summed E-state index contributed by atoms with van der Waals surface area (Å²) < 4.78 is 1.94. The molecule has 0 saturated heterocycles. The van der Waals surface area contributed by atoms with E-state index in [-0.39, 0.29) is 5.91 Å². The van der Waals surface area contributed by atoms with Gasteiger partial charge < -0.3 is 9.88 Å². The van der Waals surface area contributed by atoms with Gasteiger partial charge in [0.2, 0.25) is 5.91 Å². The lowest BCUT2D eigenvalue weighted by atomic mass is 10.3. The molecule has 1 amide bonds. The summed E-state index contributed by atoms with van der Waals surface area (Å²) >= 11 is 0. The van der Waals surface area contributed by atoms with Crippen molar-refractivity contribution in [1.82, 2.24) is 9.55 Å². The number of amides is 1. The standard InChI is InChI=1S/C11H9N3O/c15-10-7-8-3-2-6-14(8)11-9(13-10)4-1-5-12-11/h1-6H,7H2,(H,13,15). The summed E-state index contributed by atoms with van der Waals surface area (Å²) in [4.78, 5) is 15.8. The van der Waals surface area contributed by atoms with Crippen molar-refractivity contribution in [2.24, 2.45) is 0 Å². The third-order valence-electron chi connectivity index (χ3n) is 2.46. The Balaban J connectivity index is 2.29. The second-order valence-electron chi connectivity index (χ2n) is 3.47. The molecule has 0 atom stereocenters. The van der Waals surface area contributed by atoms with Gasteiger partial charge in [-0.25, -0.2) is 4.98 Å². The van der Waals surface area contributed by atoms with Gasteiger partial charge in [-0.2, -0.15) is 0 Å². The van der Waals surface area contributed by atoms with E-state index in [0.29, 0.717) is 6.42 Å². The van der Waals surface area contributed by atoms with Crippen molar-refractivity contribution in [2.45, 2.75) is 6.42 Å². The zero-order valence-electron chi connectivity index (χ0n) is 7.97. The molecule has 1 aliphatic heterocycles. The van der Waals surface area contributed by atoms with E-state index in [1.807, 2.05) is 35.0 Å². The SMILES string of the molecule is O=C1Cc2cccn2-c2ncccc2N1. The Morgan fingerprint density at radius 2 is 2.27 bits per heavy atom. The first-order valence-corrected chi connectivity index (χ1v) is 4.76. The van der Waals surface area contributed by atoms with Crippen molar-refractivity contribution >= 4 is 11.6 Å². The van der Waals surface area contributed by atoms with E-state index in [1.165, 1.54) is 0 Å². The van der Waals surface area contributed by atoms with E-state index >= 15 is 0 Å². The number of anilines is 1. The predicted octanol–water partition coefficient (Wildman–Crippen LogP) is 1.37. The zero-order chi connectivity index (χ0) is 10.3. The molecule has 0 unspecified atom stereocenters. The van der Waals surface area contributed by atoms with Crippen LogP contribution in [0.4, 0.5) is 5.69 Å². The lowest BCUT2D eigenvalue weighted by molar-refractivity contribution is -0.115. The minimum atomic E-state index is 0.00157. The van der Waals surface area contributed by atoms with Gasteiger partial charge in [0, 0.05) is 18.1 Å². The molecule has 15 heavy (non-hydrogen) atoms. The number of carbonyl (C=O) groups excluding carboxylic acids is 1. The van der Waals surface area contributed by atoms with E-state index in [0.717, 1.165) is 17.2 Å². The van der Waals surface area contributed by atoms with Gasteiger partial charge in [-0.3, -0.25) is 4.79 Å². The fourth-order valence-electron chi connectivity index (χ4n) is 1.81. The van der Waals surface area contributed by atoms with E-state index in [2.05, 4.69) is 10.3 Å². The van der Waals surface area contributed by atoms with Crippen molar-refractivity contribution < 1.29 is 4.79 Å². The molecule has 4 heteroatoms. The Morgan fingerprint density at radius 1 is 1.33 bits per heavy atom. The van der Waals surface area contributed by atoms with E-state index in [1.54, 1.807) is 6.20 Å². The summed E-state index contributed by atoms with van der Waals surface area (Å²) in [6.45, 7) is 0. The molecule has 0 aromatic carbocycles. The monoisotopic (exact) mass is 199 g/mol. The smallest absolute Gasteiger partial charge is 0.230 e. The Bertz CT molecular complexity index is 530. The highest BCUT2D eigenvalue weighted by atomic mass is 16.1. The van der Waals surface area contributed by atoms with Crippen LogP contribution in [-0.4, -0.2) is 15.5 Å². The number of nitrogens with zero attached hydrogens (tertiary/aromatic N) is 2. The van der Waals surface area contributed by atoms with Gasteiger partial charge in [-0.05, 0) is 24.3 Å². The maximum atomic E-state index is 11.6. The largest absolute Gasteiger partial charge is 0.323 e. The highest BCUT2D eigenvalue weighted by Crippen LogP contribution is 2.23. The van der Waals surface area contributed by atoms with Crippen LogP contribution >= 0.6 is 0 Å². The second kappa shape index (κ2) is 2.95. The summed E-state index contributed by atoms with van der Waals surface area (Å²) in [6.07, 6.45) is 4.03. The van der Waals surface area contributed by atoms with E-state index in [4.69, 9.17) is 0 Å². The van der Waals surface area contributed by atoms with E-state index in [9.17, 15) is 4.79 Å². The minimum absolute atomic E-state index is 0.00157. The molecule has 0 radical (unpaired) electrons. The molecule has 1 aliphatic rings. The Kier molecular flexibility index (Phi) is 1.62. The Hall–Kier alpha value is -2.10. The molecule has 0 aliphatic carbocycles. The van der Waals surface area contributed by atoms with Gasteiger partial charge in [0.15, 0.2) is 5.82 Å². The maximum absolute atomic E-state index is 11.6. The van der Waals surface area contributed by atoms with Crippen LogP contribution in [0.1, 0.15) is 5.69 Å². The lowest BCUT2D eigenvalue weighted by Crippen LogP contribution is -2.12. The molecule has 2 aromatic rings. The molecular weight excluding hydrogens is 190 g/mol. The van der Waals surface area contributed by atoms with Gasteiger partial charge in [0.25, 0.3) is 0 Å². The first-order chi connectivity index (χ1) is 7.34. The van der Waals surface area contributed by atoms with Crippen molar-refractivity contribution in [3.63, 3.8) is 0 Å². The highest BCUT2D eigenvalue weighted by Gasteiger charge is 2.17. The molecule has 4 nitrogen and oxygen atoms in total. The molecule has 0 spiro atoms. The van der Waals surface area contributed by atoms with Crippen molar-refractivity contribution in [3.05, 3.63) is 42.4 Å². The molecule has 3 heterocycles. The Morgan fingerprint density at radius 3 is 3.20 bits per heavy atom. The number of hydrogen-bond acceptors (Lipinski definition) is 2. The van der Waals surface area contributed by atoms with Gasteiger partial charge in [-0.1, -0.05) is 0 Å². The van der Waals surface area contributed by atoms with E-state index < -0.39 is 0 Å². The Labute approximate surface area is 86.6 Å². The van der Waals surface area contributed by atoms with Crippen LogP contribution in [0.2, 0.25) is 0 Å². The van der Waals surface area contributed by atoms with Crippen LogP contribution in [0.15, 0.2) is 36.7 Å². The fourth-order valence-corrected chi connectivity index (χ4v) is 1.81. The summed E-state index contributed by atoms with van der Waals surface area (Å²) in [7, 11) is 0. The number of aromatic nitrogens is 2. The molecule has 3 rings (SSSR count). The first-order valence-electron chi connectivity index (χ1n) is 4.76. The summed E-state index contributed by atoms with van der Waals surface area (Å²) in [5.41, 5.74) is 1.72. The number of fused-ring (bicyclic) bond motifs is 3. The van der Waals surface area contributed by atoms with Crippen LogP contribution in [-0.2, 0) is 11.2 Å². The average Bonchev–Trinajstić information content (AvgIpc) is 2.62. The molecule has 0 saturated carbocycles. The molecular formula is C11H9N3O. The summed E-state index contributed by atoms with van der Waals surface area (Å²) in [5.74, 6) is 0.782. The van der Waals surface area contributed by atoms with Crippen LogP contribution in [0.3, 0.4) is 0 Å². The second-order valence-corrected chi connectivity index (χ2v) is 3.47. The molecule has 2 aromatic heterocycles. The van der Waals surface area contributed by atoms with Crippen molar-refractivity contribution in [2.75, 3.05) is 5.32 Å². The van der Waals surface area contributed by atoms with Crippen LogP contribution in [0.25, 0.3) is 5.82 Å². The lowest BCUT2D eigenvalue weighted by Gasteiger charge is -2.06. The fraction of sp³-hybridized carbons (Fsp3) is 0.0909. The summed E-state index contributed by atoms with van der Waals surface area (Å²) in [5, 5.41) is 2.83. The van der Waals surface area contributed by atoms with Crippen molar-refractivity contribution in [3.8, 4) is 5.82 Å². The minimum Gasteiger partial charge on any atom is -0.323 e. The highest BCUT2D eigenvalue weighted by molar-refractivity contribution is 5.94. The number of hydrogen-bond donors (Lipinski definition) is 1. The quantitative estimate of drug-likeness (QED) is 0.696. The number of nitrogens with one attached hydrogen (secondary N) is 1. The van der Waals surface area contributed by atoms with Crippen LogP contribution < -0.4 is 5.32 Å². The normalized spacial score (nSPS) is 13.7. The number of pyridine rings is 1. The average molecular weight is 199 g/mol. The molecule has 0 bridgehead atoms. The van der Waals surface area contributed by atoms with Gasteiger partial charge in [-0.15, -0.1) is 0 Å². The van der Waals surface area contributed by atoms with Gasteiger partial charge in [0.1, 0.15) is 0 Å². The number of rotatable bonds is 0. The maximum Gasteiger partial charge on any atom is 0.230 e. The van der Waals surface area contributed by atoms with Gasteiger partial charge >= 0.3 is 0 Å². The molecule has 0 fully saturated rings.